The molecule has 0 aliphatic heterocycles. The Morgan fingerprint density at radius 1 is 1.24 bits per heavy atom. The molecule has 0 saturated carbocycles. The van der Waals surface area contributed by atoms with Crippen molar-refractivity contribution in [1.82, 2.24) is 14.5 Å². The monoisotopic (exact) mass is 315 g/mol. The van der Waals surface area contributed by atoms with Crippen LogP contribution in [0.4, 0.5) is 8.78 Å². The average Bonchev–Trinajstić information content (AvgIpc) is 2.43. The van der Waals surface area contributed by atoms with Crippen LogP contribution < -0.4 is 10.3 Å². The predicted molar refractivity (Wildman–Crippen MR) is 70.0 cm³/mol. The maximum absolute atomic E-state index is 13.4. The van der Waals surface area contributed by atoms with E-state index in [1.54, 1.807) is 0 Å². The zero-order valence-corrected chi connectivity index (χ0v) is 11.5. The van der Waals surface area contributed by atoms with Crippen LogP contribution in [0.5, 0.6) is 0 Å². The minimum atomic E-state index is -4.20. The normalized spacial score (nSPS) is 11.5. The number of rotatable bonds is 5. The second-order valence-corrected chi connectivity index (χ2v) is 5.79. The molecule has 0 spiro atoms. The molecule has 0 atom stereocenters. The first-order valence-corrected chi connectivity index (χ1v) is 7.35. The summed E-state index contributed by atoms with van der Waals surface area (Å²) in [6, 6.07) is 4.86. The van der Waals surface area contributed by atoms with Crippen LogP contribution in [0.15, 0.2) is 46.2 Å². The number of benzene rings is 1. The Labute approximate surface area is 119 Å². The third-order valence-electron chi connectivity index (χ3n) is 2.58. The molecule has 21 heavy (non-hydrogen) atoms. The van der Waals surface area contributed by atoms with E-state index >= 15 is 0 Å². The quantitative estimate of drug-likeness (QED) is 0.871. The van der Waals surface area contributed by atoms with Gasteiger partial charge in [-0.3, -0.25) is 4.79 Å². The molecule has 0 amide bonds. The Morgan fingerprint density at radius 2 is 2.00 bits per heavy atom. The zero-order valence-electron chi connectivity index (χ0n) is 10.7. The van der Waals surface area contributed by atoms with Gasteiger partial charge in [0.1, 0.15) is 16.5 Å². The molecule has 2 rings (SSSR count). The van der Waals surface area contributed by atoms with Crippen molar-refractivity contribution in [2.75, 3.05) is 6.54 Å². The summed E-state index contributed by atoms with van der Waals surface area (Å²) in [5.74, 6) is -1.92. The number of aromatic nitrogens is 2. The fourth-order valence-electron chi connectivity index (χ4n) is 1.60. The van der Waals surface area contributed by atoms with Crippen molar-refractivity contribution in [1.29, 1.82) is 0 Å². The van der Waals surface area contributed by atoms with Gasteiger partial charge in [-0.2, -0.15) is 5.10 Å². The summed E-state index contributed by atoms with van der Waals surface area (Å²) in [7, 11) is -4.20. The first-order valence-electron chi connectivity index (χ1n) is 5.87. The molecular weight excluding hydrogens is 304 g/mol. The summed E-state index contributed by atoms with van der Waals surface area (Å²) >= 11 is 0. The van der Waals surface area contributed by atoms with Gasteiger partial charge < -0.3 is 0 Å². The lowest BCUT2D eigenvalue weighted by Crippen LogP contribution is -2.32. The summed E-state index contributed by atoms with van der Waals surface area (Å²) in [6.07, 6.45) is 1.38. The van der Waals surface area contributed by atoms with Gasteiger partial charge >= 0.3 is 0 Å². The maximum Gasteiger partial charge on any atom is 0.266 e. The molecule has 1 N–H and O–H groups in total. The van der Waals surface area contributed by atoms with Crippen molar-refractivity contribution in [2.24, 2.45) is 0 Å². The molecule has 0 unspecified atom stereocenters. The number of halogens is 2. The van der Waals surface area contributed by atoms with Crippen LogP contribution in [0, 0.1) is 11.6 Å². The zero-order chi connectivity index (χ0) is 15.5. The van der Waals surface area contributed by atoms with Gasteiger partial charge in [0.05, 0.1) is 6.54 Å². The molecular formula is C12H11F2N3O3S. The van der Waals surface area contributed by atoms with Crippen LogP contribution >= 0.6 is 0 Å². The lowest BCUT2D eigenvalue weighted by molar-refractivity contribution is 0.531. The third-order valence-corrected chi connectivity index (χ3v) is 4.06. The van der Waals surface area contributed by atoms with Crippen molar-refractivity contribution < 1.29 is 17.2 Å². The number of nitrogens with one attached hydrogen (secondary N) is 1. The molecule has 9 heteroatoms. The molecule has 2 aromatic rings. The number of hydrogen-bond donors (Lipinski definition) is 1. The van der Waals surface area contributed by atoms with E-state index in [0.29, 0.717) is 6.07 Å². The highest BCUT2D eigenvalue weighted by Gasteiger charge is 2.19. The Bertz CT molecular complexity index is 805. The Morgan fingerprint density at radius 3 is 2.71 bits per heavy atom. The molecule has 1 aromatic carbocycles. The Hall–Kier alpha value is -2.13. The first-order chi connectivity index (χ1) is 9.90. The minimum Gasteiger partial charge on any atom is -0.268 e. The van der Waals surface area contributed by atoms with Crippen molar-refractivity contribution in [3.8, 4) is 0 Å². The average molecular weight is 315 g/mol. The smallest absolute Gasteiger partial charge is 0.266 e. The summed E-state index contributed by atoms with van der Waals surface area (Å²) in [5.41, 5.74) is -0.395. The van der Waals surface area contributed by atoms with Gasteiger partial charge in [-0.05, 0) is 24.3 Å². The summed E-state index contributed by atoms with van der Waals surface area (Å²) in [5, 5.41) is 3.74. The van der Waals surface area contributed by atoms with Crippen LogP contribution in [0.25, 0.3) is 0 Å². The van der Waals surface area contributed by atoms with E-state index in [1.165, 1.54) is 18.3 Å². The Balaban J connectivity index is 2.10. The Kier molecular flexibility index (Phi) is 4.43. The van der Waals surface area contributed by atoms with Crippen LogP contribution in [0.1, 0.15) is 0 Å². The fourth-order valence-corrected chi connectivity index (χ4v) is 2.71. The van der Waals surface area contributed by atoms with Gasteiger partial charge in [-0.25, -0.2) is 26.6 Å². The molecule has 0 aliphatic rings. The highest BCUT2D eigenvalue weighted by atomic mass is 32.2. The van der Waals surface area contributed by atoms with E-state index in [4.69, 9.17) is 0 Å². The molecule has 6 nitrogen and oxygen atoms in total. The van der Waals surface area contributed by atoms with Gasteiger partial charge in [0.2, 0.25) is 10.0 Å². The molecule has 112 valence electrons. The number of sulfonamides is 1. The summed E-state index contributed by atoms with van der Waals surface area (Å²) in [4.78, 5) is 10.6. The van der Waals surface area contributed by atoms with E-state index in [0.717, 1.165) is 16.8 Å². The summed E-state index contributed by atoms with van der Waals surface area (Å²) in [6.45, 7) is -0.217. The van der Waals surface area contributed by atoms with Gasteiger partial charge in [0.15, 0.2) is 0 Å². The van der Waals surface area contributed by atoms with Gasteiger partial charge in [0.25, 0.3) is 5.56 Å². The first kappa shape index (κ1) is 15.3. The highest BCUT2D eigenvalue weighted by molar-refractivity contribution is 7.89. The topological polar surface area (TPSA) is 81.1 Å². The standard InChI is InChI=1S/C12H11F2N3O3S/c13-9-3-4-10(14)11(8-9)21(19,20)16-6-7-17-12(18)2-1-5-15-17/h1-5,8,16H,6-7H2. The second-order valence-electron chi connectivity index (χ2n) is 4.06. The van der Waals surface area contributed by atoms with Crippen molar-refractivity contribution in [3.63, 3.8) is 0 Å². The number of nitrogens with zero attached hydrogens (tertiary/aromatic N) is 2. The van der Waals surface area contributed by atoms with E-state index in [9.17, 15) is 22.0 Å². The van der Waals surface area contributed by atoms with Crippen molar-refractivity contribution in [2.45, 2.75) is 11.4 Å². The van der Waals surface area contributed by atoms with E-state index in [2.05, 4.69) is 9.82 Å². The van der Waals surface area contributed by atoms with Gasteiger partial charge in [-0.1, -0.05) is 0 Å². The van der Waals surface area contributed by atoms with Crippen LogP contribution in [0.3, 0.4) is 0 Å². The van der Waals surface area contributed by atoms with Gasteiger partial charge in [-0.15, -0.1) is 0 Å². The molecule has 0 radical (unpaired) electrons. The number of hydrogen-bond acceptors (Lipinski definition) is 4. The van der Waals surface area contributed by atoms with Gasteiger partial charge in [0, 0.05) is 18.8 Å². The predicted octanol–water partition coefficient (Wildman–Crippen LogP) is 0.500. The van der Waals surface area contributed by atoms with E-state index in [1.807, 2.05) is 0 Å². The van der Waals surface area contributed by atoms with Crippen LogP contribution in [-0.2, 0) is 16.6 Å². The highest BCUT2D eigenvalue weighted by Crippen LogP contribution is 2.15. The molecule has 0 bridgehead atoms. The van der Waals surface area contributed by atoms with Crippen molar-refractivity contribution >= 4 is 10.0 Å². The largest absolute Gasteiger partial charge is 0.268 e. The van der Waals surface area contributed by atoms with Crippen LogP contribution in [-0.4, -0.2) is 24.7 Å². The van der Waals surface area contributed by atoms with E-state index < -0.39 is 32.1 Å². The molecule has 1 aromatic heterocycles. The maximum atomic E-state index is 13.4. The third kappa shape index (κ3) is 3.70. The lowest BCUT2D eigenvalue weighted by Gasteiger charge is -2.08. The SMILES string of the molecule is O=c1cccnn1CCNS(=O)(=O)c1cc(F)ccc1F. The van der Waals surface area contributed by atoms with Crippen LogP contribution in [0.2, 0.25) is 0 Å². The lowest BCUT2D eigenvalue weighted by atomic mass is 10.3. The van der Waals surface area contributed by atoms with E-state index in [-0.39, 0.29) is 13.1 Å². The molecule has 0 aliphatic carbocycles. The minimum absolute atomic E-state index is 0.0319. The van der Waals surface area contributed by atoms with Crippen molar-refractivity contribution in [3.05, 3.63) is 58.5 Å². The summed E-state index contributed by atoms with van der Waals surface area (Å²) < 4.78 is 53.3. The fraction of sp³-hybridized carbons (Fsp3) is 0.167. The molecule has 0 saturated heterocycles. The molecule has 1 heterocycles. The second kappa shape index (κ2) is 6.10. The molecule has 0 fully saturated rings.